The second kappa shape index (κ2) is 30.0. The molecule has 14 N–H and O–H groups in total. The predicted molar refractivity (Wildman–Crippen MR) is 282 cm³/mol. The summed E-state index contributed by atoms with van der Waals surface area (Å²) in [6, 6.07) is 17.5. The maximum Gasteiger partial charge on any atom is 0.312 e. The van der Waals surface area contributed by atoms with Crippen molar-refractivity contribution in [3.63, 3.8) is 0 Å². The van der Waals surface area contributed by atoms with Crippen LogP contribution in [0.2, 0.25) is 0 Å². The number of para-hydroxylation sites is 1. The van der Waals surface area contributed by atoms with Crippen LogP contribution in [0.25, 0.3) is 22.0 Å². The molecule has 0 saturated carbocycles. The van der Waals surface area contributed by atoms with Crippen molar-refractivity contribution in [2.24, 2.45) is 29.0 Å². The van der Waals surface area contributed by atoms with E-state index < -0.39 is 83.7 Å². The number of amides is 8. The normalized spacial score (nSPS) is 14.1. The van der Waals surface area contributed by atoms with Gasteiger partial charge in [0, 0.05) is 36.0 Å². The molecular formula is C54H77N11O8. The van der Waals surface area contributed by atoms with Crippen molar-refractivity contribution in [3.05, 3.63) is 96.2 Å². The first kappa shape index (κ1) is 58.5. The summed E-state index contributed by atoms with van der Waals surface area (Å²) in [6.45, 7) is 9.00. The van der Waals surface area contributed by atoms with Gasteiger partial charge in [0.15, 0.2) is 5.78 Å². The number of nitrogens with two attached hydrogens (primary N) is 3. The molecule has 0 bridgehead atoms. The minimum atomic E-state index is -1.31. The molecule has 0 unspecified atom stereocenters. The van der Waals surface area contributed by atoms with Crippen LogP contribution in [0.1, 0.15) is 97.1 Å². The monoisotopic (exact) mass is 1010 g/mol. The Morgan fingerprint density at radius 2 is 1.08 bits per heavy atom. The number of rotatable bonds is 31. The Kier molecular flexibility index (Phi) is 24.1. The molecule has 8 amide bonds. The van der Waals surface area contributed by atoms with Crippen LogP contribution in [0.4, 0.5) is 4.79 Å². The number of primary amides is 1. The maximum absolute atomic E-state index is 14.7. The fourth-order valence-electron chi connectivity index (χ4n) is 8.41. The molecule has 7 atom stereocenters. The van der Waals surface area contributed by atoms with Gasteiger partial charge in [0.2, 0.25) is 35.4 Å². The van der Waals surface area contributed by atoms with Crippen molar-refractivity contribution in [1.82, 2.24) is 42.2 Å². The molecule has 1 aromatic heterocycles. The van der Waals surface area contributed by atoms with E-state index in [1.54, 1.807) is 20.8 Å². The number of carbonyl (C=O) groups excluding carboxylic acids is 8. The summed E-state index contributed by atoms with van der Waals surface area (Å²) in [5, 5.41) is 20.3. The molecule has 0 spiro atoms. The molecule has 73 heavy (non-hydrogen) atoms. The second-order valence-corrected chi connectivity index (χ2v) is 19.0. The number of fused-ring (bicyclic) bond motifs is 1. The molecule has 0 aliphatic heterocycles. The summed E-state index contributed by atoms with van der Waals surface area (Å²) < 4.78 is 0. The molecule has 0 aliphatic rings. The zero-order chi connectivity index (χ0) is 53.5. The highest BCUT2D eigenvalue weighted by Crippen LogP contribution is 2.22. The molecule has 19 heteroatoms. The summed E-state index contributed by atoms with van der Waals surface area (Å²) >= 11 is 0. The number of aromatic nitrogens is 1. The quantitative estimate of drug-likeness (QED) is 0.0327. The Morgan fingerprint density at radius 3 is 1.64 bits per heavy atom. The van der Waals surface area contributed by atoms with Crippen molar-refractivity contribution >= 4 is 58.2 Å². The highest BCUT2D eigenvalue weighted by Gasteiger charge is 2.34. The van der Waals surface area contributed by atoms with E-state index in [0.29, 0.717) is 31.2 Å². The second-order valence-electron chi connectivity index (χ2n) is 19.0. The fourth-order valence-corrected chi connectivity index (χ4v) is 8.41. The van der Waals surface area contributed by atoms with E-state index >= 15 is 0 Å². The van der Waals surface area contributed by atoms with Gasteiger partial charge in [0.05, 0.1) is 6.04 Å². The first-order valence-corrected chi connectivity index (χ1v) is 25.4. The Morgan fingerprint density at radius 1 is 0.548 bits per heavy atom. The number of ketones is 1. The highest BCUT2D eigenvalue weighted by molar-refractivity contribution is 5.97. The molecule has 4 rings (SSSR count). The van der Waals surface area contributed by atoms with Gasteiger partial charge in [-0.15, -0.1) is 0 Å². The highest BCUT2D eigenvalue weighted by atomic mass is 16.2. The largest absolute Gasteiger partial charge is 0.361 e. The Bertz CT molecular complexity index is 2450. The molecule has 0 radical (unpaired) electrons. The number of aromatic amines is 1. The van der Waals surface area contributed by atoms with Crippen molar-refractivity contribution < 1.29 is 38.4 Å². The third kappa shape index (κ3) is 18.8. The van der Waals surface area contributed by atoms with E-state index in [-0.39, 0.29) is 69.8 Å². The minimum Gasteiger partial charge on any atom is -0.361 e. The van der Waals surface area contributed by atoms with Crippen LogP contribution in [0.5, 0.6) is 0 Å². The molecule has 4 aromatic rings. The van der Waals surface area contributed by atoms with Gasteiger partial charge in [0.25, 0.3) is 0 Å². The number of carbonyl (C=O) groups is 8. The van der Waals surface area contributed by atoms with Gasteiger partial charge in [-0.25, -0.2) is 4.79 Å². The Balaban J connectivity index is 1.61. The van der Waals surface area contributed by atoms with E-state index in [1.165, 1.54) is 6.92 Å². The number of nitrogens with one attached hydrogen (secondary N) is 8. The smallest absolute Gasteiger partial charge is 0.312 e. The fraction of sp³-hybridized carbons (Fsp3) is 0.481. The van der Waals surface area contributed by atoms with E-state index in [1.807, 2.05) is 92.0 Å². The van der Waals surface area contributed by atoms with E-state index in [9.17, 15) is 38.4 Å². The van der Waals surface area contributed by atoms with Crippen molar-refractivity contribution in [1.29, 1.82) is 0 Å². The zero-order valence-corrected chi connectivity index (χ0v) is 42.9. The van der Waals surface area contributed by atoms with Crippen LogP contribution in [-0.4, -0.2) is 108 Å². The van der Waals surface area contributed by atoms with Crippen molar-refractivity contribution in [2.45, 2.75) is 135 Å². The van der Waals surface area contributed by atoms with Crippen LogP contribution in [-0.2, 0) is 46.4 Å². The number of H-pyrrole nitrogens is 1. The summed E-state index contributed by atoms with van der Waals surface area (Å²) in [5.74, 6) is -4.93. The molecule has 3 aromatic carbocycles. The Hall–Kier alpha value is -7.12. The summed E-state index contributed by atoms with van der Waals surface area (Å²) in [7, 11) is 0. The summed E-state index contributed by atoms with van der Waals surface area (Å²) in [5.41, 5.74) is 21.3. The SMILES string of the molecule is CCCC[C@@H](NC(=O)[C@H](CCCN)NC(=O)[C@H](CCCNC(N)=O)NC(=O)[C@H](Cc1ccc(-c2ccccc2)cc1)NC(=O)[C@@H](NC(=O)[C@@H](C)Cc1c[nH]c2ccccc12)C(C)C)C(=O)N[C@@H](CCN)C(C)=O. The summed E-state index contributed by atoms with van der Waals surface area (Å²) in [4.78, 5) is 112. The summed E-state index contributed by atoms with van der Waals surface area (Å²) in [6.07, 6.45) is 4.49. The van der Waals surface area contributed by atoms with Crippen molar-refractivity contribution in [3.8, 4) is 11.1 Å². The standard InChI is InChI=1S/C54H77N11O8/c1-6-7-18-43(49(68)60-41(26-28-56)35(5)66)61-50(69)44(20-13-27-55)62-51(70)45(21-14-29-58-54(57)73)63-52(71)46(31-36-22-24-38(25-23-36)37-15-9-8-10-16-37)64-53(72)47(33(2)3)65-48(67)34(4)30-39-32-59-42-19-12-11-17-40(39)42/h8-12,15-17,19,22-25,32-34,41,43-47,59H,6-7,13-14,18,20-21,26-31,55-56H2,1-5H3,(H,60,68)(H,61,69)(H,62,70)(H,63,71)(H,64,72)(H,65,67)(H3,57,58,73)/t34-,41-,43+,44-,45-,46-,47-/m0/s1. The topological polar surface area (TPSA) is 315 Å². The number of hydrogen-bond donors (Lipinski definition) is 11. The molecule has 0 fully saturated rings. The first-order chi connectivity index (χ1) is 34.9. The number of unbranched alkanes of at least 4 members (excludes halogenated alkanes) is 1. The van der Waals surface area contributed by atoms with Gasteiger partial charge in [-0.05, 0) is 99.2 Å². The number of hydrogen-bond acceptors (Lipinski definition) is 10. The van der Waals surface area contributed by atoms with Gasteiger partial charge in [-0.1, -0.05) is 113 Å². The van der Waals surface area contributed by atoms with Crippen LogP contribution >= 0.6 is 0 Å². The van der Waals surface area contributed by atoms with Gasteiger partial charge < -0.3 is 59.4 Å². The molecule has 1 heterocycles. The molecule has 0 saturated heterocycles. The lowest BCUT2D eigenvalue weighted by molar-refractivity contribution is -0.136. The van der Waals surface area contributed by atoms with E-state index in [2.05, 4.69) is 42.2 Å². The van der Waals surface area contributed by atoms with Crippen LogP contribution in [0.15, 0.2) is 85.1 Å². The lowest BCUT2D eigenvalue weighted by atomic mass is 9.97. The van der Waals surface area contributed by atoms with Gasteiger partial charge in [-0.2, -0.15) is 0 Å². The average Bonchev–Trinajstić information content (AvgIpc) is 3.78. The third-order valence-electron chi connectivity index (χ3n) is 12.7. The predicted octanol–water partition coefficient (Wildman–Crippen LogP) is 3.14. The van der Waals surface area contributed by atoms with Gasteiger partial charge >= 0.3 is 6.03 Å². The number of urea groups is 1. The van der Waals surface area contributed by atoms with Crippen LogP contribution < -0.4 is 54.4 Å². The number of Topliss-reactive ketones (excluding diaryl/α,β-unsaturated/α-hetero) is 1. The minimum absolute atomic E-state index is 0.0154. The molecule has 19 nitrogen and oxygen atoms in total. The van der Waals surface area contributed by atoms with Crippen molar-refractivity contribution in [2.75, 3.05) is 19.6 Å². The zero-order valence-electron chi connectivity index (χ0n) is 42.9. The maximum atomic E-state index is 14.7. The van der Waals surface area contributed by atoms with Gasteiger partial charge in [0.1, 0.15) is 30.2 Å². The molecule has 396 valence electrons. The van der Waals surface area contributed by atoms with E-state index in [0.717, 1.165) is 27.6 Å². The Labute approximate surface area is 428 Å². The average molecular weight is 1010 g/mol. The van der Waals surface area contributed by atoms with Crippen LogP contribution in [0, 0.1) is 11.8 Å². The molecule has 0 aliphatic carbocycles. The lowest BCUT2D eigenvalue weighted by Crippen LogP contribution is -2.60. The molecular weight excluding hydrogens is 931 g/mol. The van der Waals surface area contributed by atoms with Crippen LogP contribution in [0.3, 0.4) is 0 Å². The number of benzene rings is 3. The lowest BCUT2D eigenvalue weighted by Gasteiger charge is -2.28. The first-order valence-electron chi connectivity index (χ1n) is 25.4. The van der Waals surface area contributed by atoms with Gasteiger partial charge in [-0.3, -0.25) is 33.6 Å². The third-order valence-corrected chi connectivity index (χ3v) is 12.7. The van der Waals surface area contributed by atoms with E-state index in [4.69, 9.17) is 17.2 Å².